The van der Waals surface area contributed by atoms with Gasteiger partial charge in [-0.3, -0.25) is 9.59 Å². The molecule has 4 aliphatic carbocycles. The lowest BCUT2D eigenvalue weighted by atomic mass is 9.33. The molecule has 8 aliphatic rings. The van der Waals surface area contributed by atoms with E-state index in [4.69, 9.17) is 23.4 Å². The minimum absolute atomic E-state index is 0.00652. The Balaban J connectivity index is 1.22. The van der Waals surface area contributed by atoms with Gasteiger partial charge in [0.2, 0.25) is 0 Å². The van der Waals surface area contributed by atoms with Crippen LogP contribution < -0.4 is 0 Å². The molecule has 4 spiro atoms. The Morgan fingerprint density at radius 1 is 1.02 bits per heavy atom. The molecular formula is C37H48O12. The average molecular weight is 685 g/mol. The maximum atomic E-state index is 15.0. The number of rotatable bonds is 10. The maximum Gasteiger partial charge on any atom is 0.339 e. The molecule has 12 heteroatoms. The number of aliphatic hydroxyl groups is 4. The average Bonchev–Trinajstić information content (AvgIpc) is 3.70. The number of epoxide rings is 1. The normalized spacial score (nSPS) is 45.2. The lowest BCUT2D eigenvalue weighted by Gasteiger charge is -2.68. The quantitative estimate of drug-likeness (QED) is 0.122. The molecule has 1 aromatic rings. The highest BCUT2D eigenvalue weighted by Crippen LogP contribution is 2.84. The number of hydrogen-bond acceptors (Lipinski definition) is 12. The van der Waals surface area contributed by atoms with Crippen molar-refractivity contribution in [2.24, 2.45) is 33.5 Å². The van der Waals surface area contributed by atoms with E-state index in [0.717, 1.165) is 12.8 Å². The number of hydrogen-bond donors (Lipinski definition) is 4. The Morgan fingerprint density at radius 3 is 2.57 bits per heavy atom. The molecule has 9 rings (SSSR count). The smallest absolute Gasteiger partial charge is 0.339 e. The van der Waals surface area contributed by atoms with Gasteiger partial charge >= 0.3 is 11.9 Å². The molecule has 5 heterocycles. The van der Waals surface area contributed by atoms with Crippen molar-refractivity contribution < 1.29 is 58.2 Å². The SMILES string of the molecule is CC1(C)O[C@H]2CC(=O)OC[C@]23[C@H]2CC[C@@]4(C)[C@H](c5ccoc5C[C@H](CCCCCO)[C@H](O)CO)OC(=O)[C@H]5O[C@]54[C@@]24CC=C[C@@]13C(=O)[C@H]4O. The Kier molecular flexibility index (Phi) is 7.49. The number of Topliss-reactive ketones (excluding diaryl/α,β-unsaturated/α-hetero) is 1. The van der Waals surface area contributed by atoms with Crippen molar-refractivity contribution in [2.45, 2.75) is 120 Å². The molecule has 2 bridgehead atoms. The molecular weight excluding hydrogens is 636 g/mol. The topological polar surface area (TPSA) is 185 Å². The van der Waals surface area contributed by atoms with Crippen LogP contribution in [0.25, 0.3) is 0 Å². The van der Waals surface area contributed by atoms with Gasteiger partial charge in [-0.05, 0) is 63.9 Å². The molecule has 0 amide bonds. The molecule has 2 saturated carbocycles. The van der Waals surface area contributed by atoms with Crippen molar-refractivity contribution in [1.29, 1.82) is 0 Å². The monoisotopic (exact) mass is 684 g/mol. The van der Waals surface area contributed by atoms with Crippen LogP contribution in [0.4, 0.5) is 0 Å². The van der Waals surface area contributed by atoms with E-state index in [2.05, 4.69) is 0 Å². The summed E-state index contributed by atoms with van der Waals surface area (Å²) in [5.41, 5.74) is -6.06. The highest BCUT2D eigenvalue weighted by atomic mass is 16.7. The van der Waals surface area contributed by atoms with E-state index in [1.165, 1.54) is 6.26 Å². The summed E-state index contributed by atoms with van der Waals surface area (Å²) in [4.78, 5) is 41.6. The van der Waals surface area contributed by atoms with Gasteiger partial charge in [0.15, 0.2) is 11.9 Å². The van der Waals surface area contributed by atoms with Gasteiger partial charge in [0, 0.05) is 29.4 Å². The van der Waals surface area contributed by atoms with Gasteiger partial charge in [-0.1, -0.05) is 31.9 Å². The van der Waals surface area contributed by atoms with E-state index in [0.29, 0.717) is 37.0 Å². The number of carbonyl (C=O) groups is 3. The second-order valence-electron chi connectivity index (χ2n) is 16.4. The van der Waals surface area contributed by atoms with Crippen molar-refractivity contribution >= 4 is 17.7 Å². The number of ether oxygens (including phenoxy) is 4. The fourth-order valence-electron chi connectivity index (χ4n) is 12.3. The third kappa shape index (κ3) is 3.83. The van der Waals surface area contributed by atoms with Crippen molar-refractivity contribution in [3.63, 3.8) is 0 Å². The van der Waals surface area contributed by atoms with Crippen LogP contribution in [0, 0.1) is 33.5 Å². The van der Waals surface area contributed by atoms with E-state index in [9.17, 15) is 34.8 Å². The number of esters is 2. The first-order chi connectivity index (χ1) is 23.3. The second kappa shape index (κ2) is 10.9. The predicted octanol–water partition coefficient (Wildman–Crippen LogP) is 2.48. The Bertz CT molecular complexity index is 1580. The Hall–Kier alpha value is -2.61. The molecule has 49 heavy (non-hydrogen) atoms. The maximum absolute atomic E-state index is 15.0. The van der Waals surface area contributed by atoms with Crippen molar-refractivity contribution in [3.05, 3.63) is 35.8 Å². The van der Waals surface area contributed by atoms with Crippen molar-refractivity contribution in [2.75, 3.05) is 19.8 Å². The molecule has 0 aromatic carbocycles. The van der Waals surface area contributed by atoms with E-state index in [1.807, 2.05) is 32.9 Å². The first-order valence-electron chi connectivity index (χ1n) is 17.9. The molecule has 4 saturated heterocycles. The molecule has 0 unspecified atom stereocenters. The molecule has 12 nitrogen and oxygen atoms in total. The van der Waals surface area contributed by atoms with Crippen LogP contribution in [-0.4, -0.2) is 93.6 Å². The third-order valence-electron chi connectivity index (χ3n) is 14.3. The van der Waals surface area contributed by atoms with Crippen LogP contribution in [0.15, 0.2) is 28.9 Å². The summed E-state index contributed by atoms with van der Waals surface area (Å²) >= 11 is 0. The zero-order valence-electron chi connectivity index (χ0n) is 28.4. The minimum Gasteiger partial charge on any atom is -0.469 e. The highest BCUT2D eigenvalue weighted by Gasteiger charge is 2.94. The number of aliphatic hydroxyl groups excluding tert-OH is 4. The third-order valence-corrected chi connectivity index (χ3v) is 14.3. The first-order valence-corrected chi connectivity index (χ1v) is 17.9. The first kappa shape index (κ1) is 33.5. The van der Waals surface area contributed by atoms with Crippen LogP contribution in [0.5, 0.6) is 0 Å². The van der Waals surface area contributed by atoms with Gasteiger partial charge in [-0.25, -0.2) is 4.79 Å². The lowest BCUT2D eigenvalue weighted by molar-refractivity contribution is -0.262. The molecule has 268 valence electrons. The van der Waals surface area contributed by atoms with E-state index in [-0.39, 0.29) is 50.3 Å². The standard InChI is InChI=1S/C37H48O12/c1-32(2)36-12-7-11-34(27(42)28(36)43)24(35(36)19-46-26(41)17-25(35)48-32)9-13-33(3)29(47-31(44)30-37(33,34)49-30)21-10-15-45-23(21)16-20(22(40)18-39)8-5-4-6-14-38/h7,10,12,15,20,22,24-25,27,29-30,38-40,42H,4-6,8-9,11,13-14,16-19H2,1-3H3/t20-,22+,24-,25-,27+,29-,30+,33-,34-,35-,36+,37+/m0/s1. The van der Waals surface area contributed by atoms with E-state index < -0.39 is 81.7 Å². The van der Waals surface area contributed by atoms with Crippen molar-refractivity contribution in [3.8, 4) is 0 Å². The van der Waals surface area contributed by atoms with Crippen LogP contribution in [-0.2, 0) is 39.8 Å². The number of ketones is 1. The van der Waals surface area contributed by atoms with Gasteiger partial charge < -0.3 is 43.8 Å². The Morgan fingerprint density at radius 2 is 1.82 bits per heavy atom. The second-order valence-corrected chi connectivity index (χ2v) is 16.4. The summed E-state index contributed by atoms with van der Waals surface area (Å²) in [6.07, 6.45) is 4.82. The van der Waals surface area contributed by atoms with Gasteiger partial charge in [0.05, 0.1) is 47.9 Å². The molecule has 1 aromatic heterocycles. The zero-order chi connectivity index (χ0) is 34.8. The summed E-state index contributed by atoms with van der Waals surface area (Å²) in [5.74, 6) is -1.56. The molecule has 4 aliphatic heterocycles. The zero-order valence-corrected chi connectivity index (χ0v) is 28.4. The van der Waals surface area contributed by atoms with Crippen molar-refractivity contribution in [1.82, 2.24) is 0 Å². The molecule has 4 N–H and O–H groups in total. The van der Waals surface area contributed by atoms with Crippen LogP contribution >= 0.6 is 0 Å². The molecule has 6 fully saturated rings. The summed E-state index contributed by atoms with van der Waals surface area (Å²) < 4.78 is 31.4. The van der Waals surface area contributed by atoms with E-state index in [1.54, 1.807) is 6.07 Å². The largest absolute Gasteiger partial charge is 0.469 e. The summed E-state index contributed by atoms with van der Waals surface area (Å²) in [5, 5.41) is 42.3. The van der Waals surface area contributed by atoms with Gasteiger partial charge in [-0.2, -0.15) is 0 Å². The number of fused-ring (bicyclic) bond motifs is 2. The number of furan rings is 1. The number of allylic oxidation sites excluding steroid dienone is 1. The van der Waals surface area contributed by atoms with Gasteiger partial charge in [-0.15, -0.1) is 0 Å². The molecule has 0 radical (unpaired) electrons. The Labute approximate surface area is 285 Å². The van der Waals surface area contributed by atoms with Crippen LogP contribution in [0.2, 0.25) is 0 Å². The highest BCUT2D eigenvalue weighted by molar-refractivity contribution is 5.97. The van der Waals surface area contributed by atoms with Crippen LogP contribution in [0.1, 0.15) is 89.6 Å². The molecule has 12 atom stereocenters. The van der Waals surface area contributed by atoms with Crippen LogP contribution in [0.3, 0.4) is 0 Å². The van der Waals surface area contributed by atoms with E-state index >= 15 is 0 Å². The fraction of sp³-hybridized carbons (Fsp3) is 0.757. The summed E-state index contributed by atoms with van der Waals surface area (Å²) in [6.45, 7) is 5.37. The summed E-state index contributed by atoms with van der Waals surface area (Å²) in [7, 11) is 0. The predicted molar refractivity (Wildman–Crippen MR) is 168 cm³/mol. The number of cyclic esters (lactones) is 2. The fourth-order valence-corrected chi connectivity index (χ4v) is 12.3. The van der Waals surface area contributed by atoms with Gasteiger partial charge in [0.1, 0.15) is 30.2 Å². The number of carbonyl (C=O) groups excluding carboxylic acids is 3. The minimum atomic E-state index is -1.49. The lowest BCUT2D eigenvalue weighted by Crippen LogP contribution is -2.79. The number of unbranched alkanes of at least 4 members (excludes halogenated alkanes) is 2. The van der Waals surface area contributed by atoms with Gasteiger partial charge in [0.25, 0.3) is 0 Å². The summed E-state index contributed by atoms with van der Waals surface area (Å²) in [6, 6.07) is 1.77.